The van der Waals surface area contributed by atoms with E-state index < -0.39 is 0 Å². The Labute approximate surface area is 105 Å². The Kier molecular flexibility index (Phi) is 3.41. The number of hydrogen-bond acceptors (Lipinski definition) is 4. The number of nitrogen functional groups attached to an aromatic ring is 1. The second kappa shape index (κ2) is 5.00. The summed E-state index contributed by atoms with van der Waals surface area (Å²) in [5.74, 6) is -0.0890. The van der Waals surface area contributed by atoms with E-state index >= 15 is 0 Å². The van der Waals surface area contributed by atoms with E-state index in [4.69, 9.17) is 5.73 Å². The summed E-state index contributed by atoms with van der Waals surface area (Å²) in [5.41, 5.74) is 7.76. The van der Waals surface area contributed by atoms with E-state index in [1.54, 1.807) is 18.9 Å². The highest BCUT2D eigenvalue weighted by atomic mass is 19.1. The molecular formula is C13H15FN4. The summed E-state index contributed by atoms with van der Waals surface area (Å²) in [4.78, 5) is 9.51. The van der Waals surface area contributed by atoms with Gasteiger partial charge in [0.15, 0.2) is 11.6 Å². The van der Waals surface area contributed by atoms with Crippen LogP contribution in [0.3, 0.4) is 0 Å². The smallest absolute Gasteiger partial charge is 0.186 e. The highest BCUT2D eigenvalue weighted by molar-refractivity contribution is 5.44. The van der Waals surface area contributed by atoms with E-state index in [9.17, 15) is 4.39 Å². The monoisotopic (exact) mass is 246 g/mol. The maximum absolute atomic E-state index is 13.8. The molecule has 1 heterocycles. The van der Waals surface area contributed by atoms with Gasteiger partial charge in [0.05, 0.1) is 5.69 Å². The molecule has 4 nitrogen and oxygen atoms in total. The average molecular weight is 246 g/mol. The van der Waals surface area contributed by atoms with Crippen LogP contribution >= 0.6 is 0 Å². The lowest BCUT2D eigenvalue weighted by Crippen LogP contribution is -2.20. The van der Waals surface area contributed by atoms with Crippen LogP contribution in [0.1, 0.15) is 11.3 Å². The number of benzene rings is 1. The number of anilines is 2. The first-order valence-corrected chi connectivity index (χ1v) is 5.60. The van der Waals surface area contributed by atoms with E-state index in [-0.39, 0.29) is 5.82 Å². The first-order valence-electron chi connectivity index (χ1n) is 5.60. The minimum absolute atomic E-state index is 0.296. The molecule has 94 valence electrons. The van der Waals surface area contributed by atoms with E-state index in [0.717, 1.165) is 5.56 Å². The van der Waals surface area contributed by atoms with Crippen LogP contribution < -0.4 is 10.6 Å². The van der Waals surface area contributed by atoms with Crippen molar-refractivity contribution in [2.45, 2.75) is 13.5 Å². The van der Waals surface area contributed by atoms with Crippen LogP contribution in [0.15, 0.2) is 30.6 Å². The molecule has 0 spiro atoms. The molecule has 0 aliphatic carbocycles. The van der Waals surface area contributed by atoms with Gasteiger partial charge in [0.2, 0.25) is 0 Å². The van der Waals surface area contributed by atoms with Gasteiger partial charge in [0.25, 0.3) is 0 Å². The molecule has 0 bridgehead atoms. The predicted molar refractivity (Wildman–Crippen MR) is 69.7 cm³/mol. The molecule has 1 aromatic carbocycles. The van der Waals surface area contributed by atoms with Crippen LogP contribution in [0.25, 0.3) is 0 Å². The molecule has 2 N–H and O–H groups in total. The van der Waals surface area contributed by atoms with Crippen molar-refractivity contribution < 1.29 is 4.39 Å². The Morgan fingerprint density at radius 2 is 2.11 bits per heavy atom. The highest BCUT2D eigenvalue weighted by Crippen LogP contribution is 2.18. The third-order valence-corrected chi connectivity index (χ3v) is 2.68. The summed E-state index contributed by atoms with van der Waals surface area (Å²) in [6.45, 7) is 2.16. The molecule has 0 saturated carbocycles. The summed E-state index contributed by atoms with van der Waals surface area (Å²) >= 11 is 0. The SMILES string of the molecule is Cc1ncnc(N(C)Cc2cccc(N)c2)c1F. The third-order valence-electron chi connectivity index (χ3n) is 2.68. The Bertz CT molecular complexity index is 556. The molecule has 2 aromatic rings. The summed E-state index contributed by atoms with van der Waals surface area (Å²) in [7, 11) is 1.79. The molecule has 0 amide bonds. The largest absolute Gasteiger partial charge is 0.399 e. The maximum Gasteiger partial charge on any atom is 0.186 e. The fraction of sp³-hybridized carbons (Fsp3) is 0.231. The van der Waals surface area contributed by atoms with E-state index in [2.05, 4.69) is 9.97 Å². The molecule has 0 saturated heterocycles. The average Bonchev–Trinajstić information content (AvgIpc) is 2.32. The van der Waals surface area contributed by atoms with Crippen molar-refractivity contribution in [2.24, 2.45) is 0 Å². The van der Waals surface area contributed by atoms with Crippen molar-refractivity contribution in [3.8, 4) is 0 Å². The van der Waals surface area contributed by atoms with E-state index in [1.165, 1.54) is 6.33 Å². The fourth-order valence-electron chi connectivity index (χ4n) is 1.75. The minimum Gasteiger partial charge on any atom is -0.399 e. The van der Waals surface area contributed by atoms with Gasteiger partial charge < -0.3 is 10.6 Å². The Hall–Kier alpha value is -2.17. The van der Waals surface area contributed by atoms with Gasteiger partial charge in [-0.25, -0.2) is 14.4 Å². The number of halogens is 1. The lowest BCUT2D eigenvalue weighted by Gasteiger charge is -2.19. The number of nitrogens with zero attached hydrogens (tertiary/aromatic N) is 3. The Morgan fingerprint density at radius 3 is 2.83 bits per heavy atom. The maximum atomic E-state index is 13.8. The topological polar surface area (TPSA) is 55.0 Å². The second-order valence-corrected chi connectivity index (χ2v) is 4.20. The zero-order chi connectivity index (χ0) is 13.1. The van der Waals surface area contributed by atoms with Crippen molar-refractivity contribution in [1.29, 1.82) is 0 Å². The molecular weight excluding hydrogens is 231 g/mol. The molecule has 0 atom stereocenters. The lowest BCUT2D eigenvalue weighted by molar-refractivity contribution is 0.595. The van der Waals surface area contributed by atoms with Crippen LogP contribution in [-0.2, 0) is 6.54 Å². The van der Waals surface area contributed by atoms with Crippen molar-refractivity contribution in [3.63, 3.8) is 0 Å². The number of hydrogen-bond donors (Lipinski definition) is 1. The second-order valence-electron chi connectivity index (χ2n) is 4.20. The van der Waals surface area contributed by atoms with E-state index in [0.29, 0.717) is 23.7 Å². The molecule has 18 heavy (non-hydrogen) atoms. The Morgan fingerprint density at radius 1 is 1.33 bits per heavy atom. The normalized spacial score (nSPS) is 10.4. The number of aromatic nitrogens is 2. The number of rotatable bonds is 3. The van der Waals surface area contributed by atoms with Gasteiger partial charge in [0, 0.05) is 19.3 Å². The van der Waals surface area contributed by atoms with Gasteiger partial charge in [0.1, 0.15) is 6.33 Å². The van der Waals surface area contributed by atoms with Crippen LogP contribution in [0.4, 0.5) is 15.9 Å². The van der Waals surface area contributed by atoms with Gasteiger partial charge in [-0.3, -0.25) is 0 Å². The standard InChI is InChI=1S/C13H15FN4/c1-9-12(14)13(17-8-16-9)18(2)7-10-4-3-5-11(15)6-10/h3-6,8H,7,15H2,1-2H3. The quantitative estimate of drug-likeness (QED) is 0.843. The Balaban J connectivity index is 2.22. The summed E-state index contributed by atoms with van der Waals surface area (Å²) < 4.78 is 13.8. The molecule has 2 rings (SSSR count). The van der Waals surface area contributed by atoms with Gasteiger partial charge in [-0.05, 0) is 24.6 Å². The van der Waals surface area contributed by atoms with Crippen LogP contribution in [0.2, 0.25) is 0 Å². The van der Waals surface area contributed by atoms with Crippen molar-refractivity contribution in [3.05, 3.63) is 47.7 Å². The van der Waals surface area contributed by atoms with E-state index in [1.807, 2.05) is 24.3 Å². The molecule has 0 aliphatic rings. The molecule has 0 radical (unpaired) electrons. The first-order chi connectivity index (χ1) is 8.58. The van der Waals surface area contributed by atoms with Crippen LogP contribution in [0, 0.1) is 12.7 Å². The molecule has 0 aliphatic heterocycles. The summed E-state index contributed by atoms with van der Waals surface area (Å²) in [6.07, 6.45) is 1.36. The first kappa shape index (κ1) is 12.3. The molecule has 0 unspecified atom stereocenters. The molecule has 0 fully saturated rings. The zero-order valence-electron chi connectivity index (χ0n) is 10.4. The lowest BCUT2D eigenvalue weighted by atomic mass is 10.2. The summed E-state index contributed by atoms with van der Waals surface area (Å²) in [6, 6.07) is 7.50. The molecule has 1 aromatic heterocycles. The van der Waals surface area contributed by atoms with Crippen molar-refractivity contribution >= 4 is 11.5 Å². The number of aryl methyl sites for hydroxylation is 1. The zero-order valence-corrected chi connectivity index (χ0v) is 10.4. The van der Waals surface area contributed by atoms with Gasteiger partial charge in [-0.1, -0.05) is 12.1 Å². The molecule has 5 heteroatoms. The summed E-state index contributed by atoms with van der Waals surface area (Å²) in [5, 5.41) is 0. The van der Waals surface area contributed by atoms with Gasteiger partial charge in [-0.15, -0.1) is 0 Å². The fourth-order valence-corrected chi connectivity index (χ4v) is 1.75. The van der Waals surface area contributed by atoms with Crippen LogP contribution in [0.5, 0.6) is 0 Å². The van der Waals surface area contributed by atoms with Gasteiger partial charge >= 0.3 is 0 Å². The van der Waals surface area contributed by atoms with Crippen LogP contribution in [-0.4, -0.2) is 17.0 Å². The highest BCUT2D eigenvalue weighted by Gasteiger charge is 2.12. The third kappa shape index (κ3) is 2.56. The number of nitrogens with two attached hydrogens (primary N) is 1. The van der Waals surface area contributed by atoms with Crippen molar-refractivity contribution in [2.75, 3.05) is 17.7 Å². The predicted octanol–water partition coefficient (Wildman–Crippen LogP) is 2.14. The van der Waals surface area contributed by atoms with Crippen molar-refractivity contribution in [1.82, 2.24) is 9.97 Å². The minimum atomic E-state index is -0.385. The van der Waals surface area contributed by atoms with Gasteiger partial charge in [-0.2, -0.15) is 0 Å².